The van der Waals surface area contributed by atoms with Gasteiger partial charge in [0.15, 0.2) is 0 Å². The van der Waals surface area contributed by atoms with E-state index in [0.29, 0.717) is 11.2 Å². The van der Waals surface area contributed by atoms with Crippen LogP contribution in [0.4, 0.5) is 0 Å². The van der Waals surface area contributed by atoms with Crippen molar-refractivity contribution >= 4 is 34.9 Å². The first-order chi connectivity index (χ1) is 11.0. The molecular weight excluding hydrogens is 306 g/mol. The van der Waals surface area contributed by atoms with Gasteiger partial charge in [0.2, 0.25) is 0 Å². The number of hydrogen-bond acceptors (Lipinski definition) is 7. The van der Waals surface area contributed by atoms with Gasteiger partial charge in [-0.3, -0.25) is 14.5 Å². The molecule has 118 valence electrons. The number of fused-ring (bicyclic) bond motifs is 5. The van der Waals surface area contributed by atoms with Gasteiger partial charge in [-0.05, 0) is 12.1 Å². The highest BCUT2D eigenvalue weighted by Gasteiger charge is 2.41. The number of methoxy groups -OCH3 is 1. The smallest absolute Gasteiger partial charge is 0.331 e. The molecule has 2 aromatic rings. The molecule has 2 aromatic heterocycles. The molecule has 2 bridgehead atoms. The summed E-state index contributed by atoms with van der Waals surface area (Å²) >= 11 is 0. The number of carbonyl (C=O) groups excluding carboxylic acids is 4. The number of carbonyl (C=O) groups is 4. The second-order valence-electron chi connectivity index (χ2n) is 4.70. The number of hydrogen-bond donors (Lipinski definition) is 0. The van der Waals surface area contributed by atoms with Crippen molar-refractivity contribution in [3.63, 3.8) is 0 Å². The number of furan rings is 2. The number of esters is 2. The van der Waals surface area contributed by atoms with Crippen LogP contribution in [-0.2, 0) is 19.1 Å². The molecule has 2 amide bonds. The molecule has 8 nitrogen and oxygen atoms in total. The highest BCUT2D eigenvalue weighted by Crippen LogP contribution is 2.35. The molecule has 0 radical (unpaired) electrons. The van der Waals surface area contributed by atoms with Crippen molar-refractivity contribution in [1.82, 2.24) is 4.90 Å². The monoisotopic (exact) mass is 317 g/mol. The molecule has 0 spiro atoms. The quantitative estimate of drug-likeness (QED) is 0.455. The van der Waals surface area contributed by atoms with Gasteiger partial charge < -0.3 is 13.9 Å². The lowest BCUT2D eigenvalue weighted by Gasteiger charge is -2.13. The summed E-state index contributed by atoms with van der Waals surface area (Å²) in [6.45, 7) is -0.260. The summed E-state index contributed by atoms with van der Waals surface area (Å²) in [6, 6.07) is 3.25. The first-order valence-corrected chi connectivity index (χ1v) is 6.66. The van der Waals surface area contributed by atoms with Crippen LogP contribution in [0, 0.1) is 0 Å². The molecule has 8 heteroatoms. The maximum atomic E-state index is 12.2. The van der Waals surface area contributed by atoms with Crippen molar-refractivity contribution in [2.45, 2.75) is 0 Å². The van der Waals surface area contributed by atoms with Gasteiger partial charge in [-0.15, -0.1) is 0 Å². The van der Waals surface area contributed by atoms with Gasteiger partial charge in [0.1, 0.15) is 17.8 Å². The summed E-state index contributed by atoms with van der Waals surface area (Å²) in [5.74, 6) is -2.41. The normalized spacial score (nSPS) is 14.0. The molecular formula is C15H11NO7. The van der Waals surface area contributed by atoms with Gasteiger partial charge in [-0.2, -0.15) is 0 Å². The van der Waals surface area contributed by atoms with E-state index in [0.717, 1.165) is 17.1 Å². The average Bonchev–Trinajstić information content (AvgIpc) is 3.21. The fourth-order valence-corrected chi connectivity index (χ4v) is 2.33. The Morgan fingerprint density at radius 1 is 1.09 bits per heavy atom. The maximum absolute atomic E-state index is 12.2. The summed E-state index contributed by atoms with van der Waals surface area (Å²) in [5.41, 5.74) is 1.25. The molecule has 1 aliphatic rings. The Hall–Kier alpha value is -3.16. The van der Waals surface area contributed by atoms with Crippen LogP contribution in [0.1, 0.15) is 20.7 Å². The van der Waals surface area contributed by atoms with Crippen molar-refractivity contribution < 1.29 is 33.1 Å². The third kappa shape index (κ3) is 2.44. The molecule has 1 aliphatic heterocycles. The second-order valence-corrected chi connectivity index (χ2v) is 4.70. The highest BCUT2D eigenvalue weighted by molar-refractivity contribution is 6.27. The van der Waals surface area contributed by atoms with Gasteiger partial charge in [0.25, 0.3) is 11.8 Å². The SMILES string of the molecule is COC(=O)/C=C/C(=O)OCCN1C(=O)c2c(c3ccc2o3)C1=O. The van der Waals surface area contributed by atoms with E-state index < -0.39 is 23.8 Å². The van der Waals surface area contributed by atoms with Crippen LogP contribution < -0.4 is 0 Å². The molecule has 0 unspecified atom stereocenters. The Kier molecular flexibility index (Phi) is 3.57. The van der Waals surface area contributed by atoms with E-state index in [1.165, 1.54) is 7.11 Å². The summed E-state index contributed by atoms with van der Waals surface area (Å²) < 4.78 is 14.4. The van der Waals surface area contributed by atoms with Crippen LogP contribution in [0.25, 0.3) is 11.2 Å². The number of imide groups is 1. The Balaban J connectivity index is 1.58. The lowest BCUT2D eigenvalue weighted by molar-refractivity contribution is -0.139. The Morgan fingerprint density at radius 3 is 2.22 bits per heavy atom. The van der Waals surface area contributed by atoms with Crippen molar-refractivity contribution in [3.8, 4) is 0 Å². The van der Waals surface area contributed by atoms with Crippen molar-refractivity contribution in [2.75, 3.05) is 20.3 Å². The molecule has 23 heavy (non-hydrogen) atoms. The fraction of sp³-hybridized carbons (Fsp3) is 0.200. The number of ether oxygens (including phenoxy) is 2. The molecule has 3 heterocycles. The molecule has 0 aliphatic carbocycles. The second kappa shape index (κ2) is 5.56. The minimum absolute atomic E-state index is 0.0803. The molecule has 0 saturated heterocycles. The van der Waals surface area contributed by atoms with E-state index in [1.54, 1.807) is 12.1 Å². The zero-order chi connectivity index (χ0) is 16.6. The van der Waals surface area contributed by atoms with E-state index >= 15 is 0 Å². The predicted octanol–water partition coefficient (Wildman–Crippen LogP) is 0.739. The molecule has 0 saturated carbocycles. The number of amides is 2. The summed E-state index contributed by atoms with van der Waals surface area (Å²) in [6.07, 6.45) is 1.82. The zero-order valence-corrected chi connectivity index (χ0v) is 12.0. The van der Waals surface area contributed by atoms with E-state index in [1.807, 2.05) is 0 Å². The highest BCUT2D eigenvalue weighted by atomic mass is 16.5. The standard InChI is InChI=1S/C15H11NO7/c1-21-10(17)4-5-11(18)22-7-6-16-14(19)12-8-2-3-9(23-8)13(12)15(16)20/h2-5H,6-7H2,1H3/b5-4+. The molecule has 0 N–H and O–H groups in total. The fourth-order valence-electron chi connectivity index (χ4n) is 2.33. The van der Waals surface area contributed by atoms with Crippen molar-refractivity contribution in [2.24, 2.45) is 0 Å². The summed E-state index contributed by atoms with van der Waals surface area (Å²) in [7, 11) is 1.18. The van der Waals surface area contributed by atoms with E-state index in [9.17, 15) is 19.2 Å². The van der Waals surface area contributed by atoms with E-state index in [4.69, 9.17) is 9.15 Å². The zero-order valence-electron chi connectivity index (χ0n) is 12.0. The molecule has 3 rings (SSSR count). The van der Waals surface area contributed by atoms with Gasteiger partial charge in [0, 0.05) is 12.2 Å². The minimum atomic E-state index is -0.774. The van der Waals surface area contributed by atoms with Crippen LogP contribution >= 0.6 is 0 Å². The predicted molar refractivity (Wildman–Crippen MR) is 74.9 cm³/mol. The van der Waals surface area contributed by atoms with Gasteiger partial charge >= 0.3 is 11.9 Å². The largest absolute Gasteiger partial charge is 0.466 e. The topological polar surface area (TPSA) is 103 Å². The van der Waals surface area contributed by atoms with Gasteiger partial charge in [-0.1, -0.05) is 0 Å². The first-order valence-electron chi connectivity index (χ1n) is 6.66. The van der Waals surface area contributed by atoms with Crippen LogP contribution in [-0.4, -0.2) is 48.9 Å². The average molecular weight is 317 g/mol. The van der Waals surface area contributed by atoms with Gasteiger partial charge in [-0.25, -0.2) is 9.59 Å². The van der Waals surface area contributed by atoms with Crippen LogP contribution in [0.2, 0.25) is 0 Å². The van der Waals surface area contributed by atoms with E-state index in [2.05, 4.69) is 4.74 Å². The molecule has 0 fully saturated rings. The lowest BCUT2D eigenvalue weighted by atomic mass is 10.1. The first kappa shape index (κ1) is 14.8. The Bertz CT molecular complexity index is 787. The number of rotatable bonds is 5. The van der Waals surface area contributed by atoms with Crippen LogP contribution in [0.15, 0.2) is 28.7 Å². The lowest BCUT2D eigenvalue weighted by Crippen LogP contribution is -2.33. The van der Waals surface area contributed by atoms with Crippen LogP contribution in [0.3, 0.4) is 0 Å². The summed E-state index contributed by atoms with van der Waals surface area (Å²) in [5, 5.41) is 0. The third-order valence-corrected chi connectivity index (χ3v) is 3.38. The van der Waals surface area contributed by atoms with Crippen molar-refractivity contribution in [1.29, 1.82) is 0 Å². The number of benzene rings is 1. The maximum Gasteiger partial charge on any atom is 0.331 e. The Morgan fingerprint density at radius 2 is 1.65 bits per heavy atom. The molecule has 0 atom stereocenters. The van der Waals surface area contributed by atoms with Crippen molar-refractivity contribution in [3.05, 3.63) is 35.4 Å². The van der Waals surface area contributed by atoms with Gasteiger partial charge in [0.05, 0.1) is 24.8 Å². The van der Waals surface area contributed by atoms with E-state index in [-0.39, 0.29) is 24.3 Å². The Labute approximate surface area is 129 Å². The summed E-state index contributed by atoms with van der Waals surface area (Å²) in [4.78, 5) is 47.6. The minimum Gasteiger partial charge on any atom is -0.466 e. The number of nitrogens with zero attached hydrogens (tertiary/aromatic N) is 1. The molecule has 0 aromatic carbocycles. The third-order valence-electron chi connectivity index (χ3n) is 3.38. The van der Waals surface area contributed by atoms with Crippen LogP contribution in [0.5, 0.6) is 0 Å².